The molecule has 0 saturated heterocycles. The normalized spacial score (nSPS) is 15.6. The lowest BCUT2D eigenvalue weighted by Gasteiger charge is -2.31. The van der Waals surface area contributed by atoms with Gasteiger partial charge in [0.15, 0.2) is 0 Å². The molecular weight excluding hydrogens is 300 g/mol. The number of rotatable bonds is 7. The fourth-order valence-electron chi connectivity index (χ4n) is 1.37. The number of carboxylic acid groups (broad SMARTS) is 3. The summed E-state index contributed by atoms with van der Waals surface area (Å²) >= 11 is 0. The molecular formula is C9H12O12. The number of ether oxygens (including phenoxy) is 1. The van der Waals surface area contributed by atoms with E-state index in [1.54, 1.807) is 0 Å². The van der Waals surface area contributed by atoms with Crippen molar-refractivity contribution in [2.75, 3.05) is 6.61 Å². The zero-order chi connectivity index (χ0) is 17.0. The SMILES string of the molecule is O=C(O)OC(=O)C(C(=O)O)(C(=O)O)C(O)C(O)C(O)CO. The van der Waals surface area contributed by atoms with Gasteiger partial charge in [0.1, 0.15) is 18.3 Å². The number of aliphatic hydroxyl groups excluding tert-OH is 4. The molecule has 0 amide bonds. The molecule has 7 N–H and O–H groups in total. The molecule has 3 atom stereocenters. The molecule has 0 bridgehead atoms. The van der Waals surface area contributed by atoms with Gasteiger partial charge in [-0.1, -0.05) is 0 Å². The van der Waals surface area contributed by atoms with Crippen LogP contribution in [0.15, 0.2) is 0 Å². The van der Waals surface area contributed by atoms with Gasteiger partial charge in [0.05, 0.1) is 6.61 Å². The maximum Gasteiger partial charge on any atom is 0.513 e. The maximum atomic E-state index is 11.4. The van der Waals surface area contributed by atoms with Gasteiger partial charge in [-0.15, -0.1) is 0 Å². The number of hydrogen-bond acceptors (Lipinski definition) is 9. The van der Waals surface area contributed by atoms with Gasteiger partial charge >= 0.3 is 24.1 Å². The molecule has 0 aliphatic rings. The largest absolute Gasteiger partial charge is 0.513 e. The summed E-state index contributed by atoms with van der Waals surface area (Å²) in [7, 11) is 0. The summed E-state index contributed by atoms with van der Waals surface area (Å²) in [6.45, 7) is -1.21. The van der Waals surface area contributed by atoms with E-state index in [1.165, 1.54) is 0 Å². The minimum Gasteiger partial charge on any atom is -0.480 e. The van der Waals surface area contributed by atoms with Crippen molar-refractivity contribution in [3.8, 4) is 0 Å². The standard InChI is InChI=1S/C9H12O12/c10-1-2(11)3(12)4(13)9(5(14)15,6(16)17)7(18)21-8(19)20/h2-4,10-13H,1H2,(H,14,15)(H,16,17)(H,19,20). The van der Waals surface area contributed by atoms with E-state index in [9.17, 15) is 29.4 Å². The zero-order valence-corrected chi connectivity index (χ0v) is 10.1. The third kappa shape index (κ3) is 3.43. The van der Waals surface area contributed by atoms with Crippen LogP contribution in [0, 0.1) is 5.41 Å². The smallest absolute Gasteiger partial charge is 0.480 e. The van der Waals surface area contributed by atoms with Crippen LogP contribution in [0.1, 0.15) is 0 Å². The van der Waals surface area contributed by atoms with E-state index in [2.05, 4.69) is 4.74 Å². The highest BCUT2D eigenvalue weighted by molar-refractivity contribution is 6.18. The van der Waals surface area contributed by atoms with E-state index in [-0.39, 0.29) is 0 Å². The summed E-state index contributed by atoms with van der Waals surface area (Å²) in [5, 5.41) is 62.5. The van der Waals surface area contributed by atoms with Crippen molar-refractivity contribution in [1.82, 2.24) is 0 Å². The first-order valence-electron chi connectivity index (χ1n) is 5.10. The Labute approximate surface area is 115 Å². The zero-order valence-electron chi connectivity index (χ0n) is 10.1. The van der Waals surface area contributed by atoms with Crippen molar-refractivity contribution in [3.05, 3.63) is 0 Å². The Morgan fingerprint density at radius 2 is 1.38 bits per heavy atom. The predicted octanol–water partition coefficient (Wildman–Crippen LogP) is -3.56. The van der Waals surface area contributed by atoms with E-state index in [4.69, 9.17) is 25.5 Å². The highest BCUT2D eigenvalue weighted by Crippen LogP contribution is 2.29. The van der Waals surface area contributed by atoms with E-state index in [0.717, 1.165) is 0 Å². The summed E-state index contributed by atoms with van der Waals surface area (Å²) in [5.41, 5.74) is -3.92. The Kier molecular flexibility index (Phi) is 6.19. The van der Waals surface area contributed by atoms with Gasteiger partial charge in [-0.2, -0.15) is 0 Å². The number of carbonyl (C=O) groups excluding carboxylic acids is 1. The van der Waals surface area contributed by atoms with Crippen molar-refractivity contribution < 1.29 is 59.7 Å². The highest BCUT2D eigenvalue weighted by atomic mass is 16.7. The predicted molar refractivity (Wildman–Crippen MR) is 56.9 cm³/mol. The van der Waals surface area contributed by atoms with Gasteiger partial charge in [-0.3, -0.25) is 9.59 Å². The molecule has 0 saturated carbocycles. The molecule has 3 unspecified atom stereocenters. The topological polar surface area (TPSA) is 219 Å². The molecule has 0 spiro atoms. The third-order valence-electron chi connectivity index (χ3n) is 2.53. The fourth-order valence-corrected chi connectivity index (χ4v) is 1.37. The van der Waals surface area contributed by atoms with Crippen LogP contribution in [0.25, 0.3) is 0 Å². The van der Waals surface area contributed by atoms with Gasteiger partial charge in [0.25, 0.3) is 5.41 Å². The molecule has 0 rings (SSSR count). The second kappa shape index (κ2) is 6.94. The molecule has 0 aromatic rings. The molecule has 120 valence electrons. The quantitative estimate of drug-likeness (QED) is 0.179. The molecule has 0 fully saturated rings. The van der Waals surface area contributed by atoms with Crippen LogP contribution >= 0.6 is 0 Å². The van der Waals surface area contributed by atoms with Gasteiger partial charge in [0.2, 0.25) is 0 Å². The lowest BCUT2D eigenvalue weighted by atomic mass is 9.78. The second-order valence-corrected chi connectivity index (χ2v) is 3.76. The number of carboxylic acids is 2. The minimum atomic E-state index is -3.92. The molecule has 0 radical (unpaired) electrons. The Morgan fingerprint density at radius 3 is 1.67 bits per heavy atom. The maximum absolute atomic E-state index is 11.4. The summed E-state index contributed by atoms with van der Waals surface area (Å²) in [6, 6.07) is 0. The molecule has 0 aromatic heterocycles. The van der Waals surface area contributed by atoms with E-state index in [1.807, 2.05) is 0 Å². The van der Waals surface area contributed by atoms with Crippen LogP contribution in [0.5, 0.6) is 0 Å². The number of hydrogen-bond donors (Lipinski definition) is 7. The first kappa shape index (κ1) is 18.7. The van der Waals surface area contributed by atoms with E-state index < -0.39 is 54.4 Å². The number of aliphatic hydroxyl groups is 4. The lowest BCUT2D eigenvalue weighted by Crippen LogP contribution is -2.61. The molecule has 0 aromatic carbocycles. The average molecular weight is 312 g/mol. The van der Waals surface area contributed by atoms with Crippen molar-refractivity contribution in [3.63, 3.8) is 0 Å². The number of esters is 1. The third-order valence-corrected chi connectivity index (χ3v) is 2.53. The Bertz CT molecular complexity index is 428. The molecule has 12 heteroatoms. The van der Waals surface area contributed by atoms with Crippen molar-refractivity contribution in [2.45, 2.75) is 18.3 Å². The van der Waals surface area contributed by atoms with Gasteiger partial charge in [0, 0.05) is 0 Å². The summed E-state index contributed by atoms with van der Waals surface area (Å²) in [4.78, 5) is 43.8. The first-order chi connectivity index (χ1) is 9.53. The Balaban J connectivity index is 5.92. The molecule has 0 aliphatic carbocycles. The average Bonchev–Trinajstić information content (AvgIpc) is 2.35. The van der Waals surface area contributed by atoms with Gasteiger partial charge < -0.3 is 40.5 Å². The first-order valence-corrected chi connectivity index (χ1v) is 5.10. The number of carbonyl (C=O) groups is 4. The molecule has 12 nitrogen and oxygen atoms in total. The number of aliphatic carboxylic acids is 2. The summed E-state index contributed by atoms with van der Waals surface area (Å²) in [5.74, 6) is -7.50. The Morgan fingerprint density at radius 1 is 0.952 bits per heavy atom. The summed E-state index contributed by atoms with van der Waals surface area (Å²) < 4.78 is 3.42. The van der Waals surface area contributed by atoms with Crippen LogP contribution in [0.3, 0.4) is 0 Å². The van der Waals surface area contributed by atoms with Crippen LogP contribution < -0.4 is 0 Å². The fraction of sp³-hybridized carbons (Fsp3) is 0.556. The van der Waals surface area contributed by atoms with Gasteiger partial charge in [-0.05, 0) is 0 Å². The monoisotopic (exact) mass is 312 g/mol. The minimum absolute atomic E-state index is 1.21. The van der Waals surface area contributed by atoms with Crippen LogP contribution in [0.4, 0.5) is 4.79 Å². The highest BCUT2D eigenvalue weighted by Gasteiger charge is 2.64. The van der Waals surface area contributed by atoms with Crippen LogP contribution in [-0.2, 0) is 19.1 Å². The van der Waals surface area contributed by atoms with Crippen molar-refractivity contribution >= 4 is 24.1 Å². The van der Waals surface area contributed by atoms with Crippen molar-refractivity contribution in [2.24, 2.45) is 5.41 Å². The molecule has 21 heavy (non-hydrogen) atoms. The van der Waals surface area contributed by atoms with E-state index >= 15 is 0 Å². The van der Waals surface area contributed by atoms with Crippen LogP contribution in [0.2, 0.25) is 0 Å². The van der Waals surface area contributed by atoms with Gasteiger partial charge in [-0.25, -0.2) is 9.59 Å². The second-order valence-electron chi connectivity index (χ2n) is 3.76. The lowest BCUT2D eigenvalue weighted by molar-refractivity contribution is -0.196. The Hall–Kier alpha value is -2.28. The van der Waals surface area contributed by atoms with Crippen molar-refractivity contribution in [1.29, 1.82) is 0 Å². The van der Waals surface area contributed by atoms with E-state index in [0.29, 0.717) is 0 Å². The van der Waals surface area contributed by atoms with Crippen LogP contribution in [-0.4, -0.2) is 84.7 Å². The molecule has 0 aliphatic heterocycles. The molecule has 0 heterocycles. The summed E-state index contributed by atoms with van der Waals surface area (Å²) in [6.07, 6.45) is -10.2.